The Bertz CT molecular complexity index is 1290. The molecule has 0 unspecified atom stereocenters. The molecule has 32 heavy (non-hydrogen) atoms. The van der Waals surface area contributed by atoms with Crippen molar-refractivity contribution in [1.29, 1.82) is 0 Å². The van der Waals surface area contributed by atoms with Gasteiger partial charge in [-0.25, -0.2) is 9.78 Å². The molecule has 0 atom stereocenters. The number of halogens is 1. The van der Waals surface area contributed by atoms with Gasteiger partial charge in [-0.3, -0.25) is 19.1 Å². The fraction of sp³-hybridized carbons (Fsp3) is 0.333. The molecule has 3 rings (SSSR count). The van der Waals surface area contributed by atoms with Crippen molar-refractivity contribution in [3.8, 4) is 0 Å². The summed E-state index contributed by atoms with van der Waals surface area (Å²) in [7, 11) is 0. The molecule has 1 aromatic carbocycles. The highest BCUT2D eigenvalue weighted by Gasteiger charge is 2.25. The maximum Gasteiger partial charge on any atom is 0.329 e. The molecule has 8 heteroatoms. The molecule has 0 aliphatic heterocycles. The zero-order valence-corrected chi connectivity index (χ0v) is 18.7. The Morgan fingerprint density at radius 3 is 2.50 bits per heavy atom. The Labute approximate surface area is 185 Å². The molecule has 0 fully saturated rings. The quantitative estimate of drug-likeness (QED) is 0.435. The normalized spacial score (nSPS) is 11.2. The number of nitrogens with two attached hydrogens (primary N) is 1. The number of H-pyrrole nitrogens is 1. The molecule has 0 aliphatic carbocycles. The van der Waals surface area contributed by atoms with E-state index in [1.165, 1.54) is 10.6 Å². The van der Waals surface area contributed by atoms with E-state index in [4.69, 9.17) is 5.73 Å². The number of aromatic nitrogens is 3. The van der Waals surface area contributed by atoms with Gasteiger partial charge < -0.3 is 5.73 Å². The Kier molecular flexibility index (Phi) is 6.84. The Morgan fingerprint density at radius 1 is 1.16 bits per heavy atom. The van der Waals surface area contributed by atoms with Gasteiger partial charge in [-0.05, 0) is 54.7 Å². The highest BCUT2D eigenvalue weighted by Crippen LogP contribution is 2.21. The lowest BCUT2D eigenvalue weighted by Crippen LogP contribution is -2.38. The number of pyridine rings is 1. The summed E-state index contributed by atoms with van der Waals surface area (Å²) in [4.78, 5) is 45.2. The molecule has 0 amide bonds. The van der Waals surface area contributed by atoms with E-state index < -0.39 is 23.0 Å². The van der Waals surface area contributed by atoms with E-state index in [0.717, 1.165) is 17.5 Å². The van der Waals surface area contributed by atoms with Crippen molar-refractivity contribution in [2.45, 2.75) is 53.1 Å². The number of nitrogens with zero attached hydrogens (tertiary/aromatic N) is 2. The maximum atomic E-state index is 14.0. The van der Waals surface area contributed by atoms with Crippen LogP contribution in [0.2, 0.25) is 0 Å². The number of benzene rings is 1. The number of nitrogens with one attached hydrogen (secondary N) is 1. The molecule has 7 nitrogen and oxygen atoms in total. The fourth-order valence-electron chi connectivity index (χ4n) is 3.84. The molecule has 0 bridgehead atoms. The van der Waals surface area contributed by atoms with Crippen molar-refractivity contribution in [2.75, 3.05) is 0 Å². The van der Waals surface area contributed by atoms with Crippen LogP contribution in [-0.4, -0.2) is 20.3 Å². The topological polar surface area (TPSA) is 111 Å². The van der Waals surface area contributed by atoms with Gasteiger partial charge in [0.15, 0.2) is 0 Å². The highest BCUT2D eigenvalue weighted by atomic mass is 19.1. The van der Waals surface area contributed by atoms with Crippen LogP contribution < -0.4 is 17.0 Å². The van der Waals surface area contributed by atoms with Gasteiger partial charge in [0.1, 0.15) is 5.69 Å². The third-order valence-electron chi connectivity index (χ3n) is 5.29. The first-order valence-corrected chi connectivity index (χ1v) is 10.5. The van der Waals surface area contributed by atoms with E-state index in [0.29, 0.717) is 16.8 Å². The first-order chi connectivity index (χ1) is 15.1. The van der Waals surface area contributed by atoms with Crippen LogP contribution in [0.25, 0.3) is 0 Å². The summed E-state index contributed by atoms with van der Waals surface area (Å²) in [6, 6.07) is 8.25. The molecule has 0 spiro atoms. The SMILES string of the molecule is CCc1cc(C)cc(C(=O)c2c(C(C)C)c(=O)[nH]c(=O)n2Cc2cc(F)nc(CN)c2)c1. The number of aryl methyl sites for hydroxylation is 2. The lowest BCUT2D eigenvalue weighted by atomic mass is 9.94. The third-order valence-corrected chi connectivity index (χ3v) is 5.29. The molecule has 0 aliphatic rings. The summed E-state index contributed by atoms with van der Waals surface area (Å²) in [6.45, 7) is 7.34. The zero-order valence-electron chi connectivity index (χ0n) is 18.7. The van der Waals surface area contributed by atoms with Crippen molar-refractivity contribution < 1.29 is 9.18 Å². The van der Waals surface area contributed by atoms with Crippen molar-refractivity contribution >= 4 is 5.78 Å². The number of carbonyl (C=O) groups excluding carboxylic acids is 1. The molecule has 0 radical (unpaired) electrons. The summed E-state index contributed by atoms with van der Waals surface area (Å²) < 4.78 is 15.2. The standard InChI is InChI=1S/C24H27FN4O3/c1-5-15-6-14(4)7-17(8-15)22(30)21-20(13(2)3)23(31)28-24(32)29(21)12-16-9-18(11-26)27-19(25)10-16/h6-10,13H,5,11-12,26H2,1-4H3,(H,28,31,32). The van der Waals surface area contributed by atoms with Gasteiger partial charge in [0.05, 0.1) is 12.2 Å². The molecular formula is C24H27FN4O3. The monoisotopic (exact) mass is 438 g/mol. The molecular weight excluding hydrogens is 411 g/mol. The summed E-state index contributed by atoms with van der Waals surface area (Å²) in [5, 5.41) is 0. The second-order valence-corrected chi connectivity index (χ2v) is 8.15. The maximum absolute atomic E-state index is 14.0. The van der Waals surface area contributed by atoms with E-state index >= 15 is 0 Å². The molecule has 3 N–H and O–H groups in total. The summed E-state index contributed by atoms with van der Waals surface area (Å²) >= 11 is 0. The van der Waals surface area contributed by atoms with E-state index in [1.54, 1.807) is 32.0 Å². The lowest BCUT2D eigenvalue weighted by Gasteiger charge is -2.18. The Hall–Kier alpha value is -3.39. The number of hydrogen-bond donors (Lipinski definition) is 2. The minimum atomic E-state index is -0.738. The van der Waals surface area contributed by atoms with Crippen LogP contribution in [-0.2, 0) is 19.5 Å². The summed E-state index contributed by atoms with van der Waals surface area (Å²) in [5.41, 5.74) is 7.47. The largest absolute Gasteiger partial charge is 0.329 e. The number of aromatic amines is 1. The Balaban J connectivity index is 2.27. The first-order valence-electron chi connectivity index (χ1n) is 10.5. The highest BCUT2D eigenvalue weighted by molar-refractivity contribution is 6.09. The second kappa shape index (κ2) is 9.40. The van der Waals surface area contributed by atoms with Gasteiger partial charge in [-0.2, -0.15) is 4.39 Å². The van der Waals surface area contributed by atoms with E-state index in [1.807, 2.05) is 19.9 Å². The lowest BCUT2D eigenvalue weighted by molar-refractivity contribution is 0.102. The molecule has 168 valence electrons. The third kappa shape index (κ3) is 4.75. The van der Waals surface area contributed by atoms with Crippen LogP contribution in [0, 0.1) is 12.9 Å². The van der Waals surface area contributed by atoms with Crippen molar-refractivity contribution in [2.24, 2.45) is 5.73 Å². The van der Waals surface area contributed by atoms with Gasteiger partial charge in [0.2, 0.25) is 11.7 Å². The van der Waals surface area contributed by atoms with Gasteiger partial charge >= 0.3 is 5.69 Å². The van der Waals surface area contributed by atoms with Crippen LogP contribution >= 0.6 is 0 Å². The fourth-order valence-corrected chi connectivity index (χ4v) is 3.84. The van der Waals surface area contributed by atoms with Crippen LogP contribution in [0.1, 0.15) is 70.7 Å². The second-order valence-electron chi connectivity index (χ2n) is 8.15. The average molecular weight is 439 g/mol. The van der Waals surface area contributed by atoms with Gasteiger partial charge in [0.25, 0.3) is 5.56 Å². The van der Waals surface area contributed by atoms with Gasteiger partial charge in [0, 0.05) is 17.7 Å². The minimum Gasteiger partial charge on any atom is -0.325 e. The smallest absolute Gasteiger partial charge is 0.325 e. The molecule has 0 saturated carbocycles. The van der Waals surface area contributed by atoms with E-state index in [-0.39, 0.29) is 30.3 Å². The van der Waals surface area contributed by atoms with Gasteiger partial charge in [-0.15, -0.1) is 0 Å². The van der Waals surface area contributed by atoms with E-state index in [2.05, 4.69) is 9.97 Å². The number of ketones is 1. The summed E-state index contributed by atoms with van der Waals surface area (Å²) in [5.74, 6) is -1.48. The molecule has 2 heterocycles. The zero-order chi connectivity index (χ0) is 23.6. The number of hydrogen-bond acceptors (Lipinski definition) is 5. The van der Waals surface area contributed by atoms with Gasteiger partial charge in [-0.1, -0.05) is 32.4 Å². The predicted octanol–water partition coefficient (Wildman–Crippen LogP) is 2.80. The molecule has 2 aromatic heterocycles. The van der Waals surface area contributed by atoms with Crippen LogP contribution in [0.3, 0.4) is 0 Å². The summed E-state index contributed by atoms with van der Waals surface area (Å²) in [6.07, 6.45) is 0.735. The minimum absolute atomic E-state index is 0.00734. The number of rotatable bonds is 7. The number of carbonyl (C=O) groups is 1. The molecule has 3 aromatic rings. The van der Waals surface area contributed by atoms with E-state index in [9.17, 15) is 18.8 Å². The Morgan fingerprint density at radius 2 is 1.88 bits per heavy atom. The van der Waals surface area contributed by atoms with Crippen LogP contribution in [0.15, 0.2) is 39.9 Å². The van der Waals surface area contributed by atoms with Crippen LogP contribution in [0.5, 0.6) is 0 Å². The van der Waals surface area contributed by atoms with Crippen molar-refractivity contribution in [1.82, 2.24) is 14.5 Å². The van der Waals surface area contributed by atoms with Crippen molar-refractivity contribution in [3.63, 3.8) is 0 Å². The molecule has 0 saturated heterocycles. The average Bonchev–Trinajstić information content (AvgIpc) is 2.73. The van der Waals surface area contributed by atoms with Crippen LogP contribution in [0.4, 0.5) is 4.39 Å². The predicted molar refractivity (Wildman–Crippen MR) is 121 cm³/mol. The van der Waals surface area contributed by atoms with Crippen molar-refractivity contribution in [3.05, 3.63) is 96.3 Å². The first kappa shape index (κ1) is 23.3.